The molecule has 0 spiro atoms. The molecule has 0 saturated heterocycles. The summed E-state index contributed by atoms with van der Waals surface area (Å²) in [5.41, 5.74) is 0.441. The molecule has 0 amide bonds. The van der Waals surface area contributed by atoms with Crippen molar-refractivity contribution >= 4 is 0 Å². The van der Waals surface area contributed by atoms with Crippen LogP contribution >= 0.6 is 0 Å². The summed E-state index contributed by atoms with van der Waals surface area (Å²) in [7, 11) is 0. The topological polar surface area (TPSA) is 12.0 Å². The van der Waals surface area contributed by atoms with Crippen LogP contribution in [0.15, 0.2) is 0 Å². The first-order valence-electron chi connectivity index (χ1n) is 5.29. The lowest BCUT2D eigenvalue weighted by molar-refractivity contribution is 0.242. The first kappa shape index (κ1) is 10.0. The molecule has 1 N–H and O–H groups in total. The summed E-state index contributed by atoms with van der Waals surface area (Å²) in [5, 5.41) is 3.67. The lowest BCUT2D eigenvalue weighted by atomic mass is 9.83. The minimum Gasteiger partial charge on any atom is -0.313 e. The largest absolute Gasteiger partial charge is 0.313 e. The number of nitrogens with one attached hydrogen (secondary N) is 1. The molecule has 1 nitrogen and oxygen atoms in total. The lowest BCUT2D eigenvalue weighted by Crippen LogP contribution is -2.42. The Kier molecular flexibility index (Phi) is 3.16. The molecule has 1 fully saturated rings. The van der Waals surface area contributed by atoms with E-state index in [4.69, 9.17) is 0 Å². The fraction of sp³-hybridized carbons (Fsp3) is 1.00. The van der Waals surface area contributed by atoms with E-state index in [-0.39, 0.29) is 0 Å². The SMILES string of the molecule is CCCNC(C1CC1)C(C)(C)C. The normalized spacial score (nSPS) is 21.0. The van der Waals surface area contributed by atoms with E-state index in [1.165, 1.54) is 25.8 Å². The Morgan fingerprint density at radius 3 is 2.25 bits per heavy atom. The molecule has 1 heteroatoms. The van der Waals surface area contributed by atoms with Gasteiger partial charge in [-0.1, -0.05) is 27.7 Å². The van der Waals surface area contributed by atoms with Gasteiger partial charge in [0.25, 0.3) is 0 Å². The Balaban J connectivity index is 2.38. The average Bonchev–Trinajstić information content (AvgIpc) is 2.69. The second-order valence-corrected chi connectivity index (χ2v) is 5.14. The Hall–Kier alpha value is -0.0400. The van der Waals surface area contributed by atoms with Gasteiger partial charge < -0.3 is 5.32 Å². The molecule has 12 heavy (non-hydrogen) atoms. The Bertz CT molecular complexity index is 130. The van der Waals surface area contributed by atoms with E-state index in [0.29, 0.717) is 5.41 Å². The highest BCUT2D eigenvalue weighted by Gasteiger charge is 2.37. The molecule has 1 aliphatic carbocycles. The highest BCUT2D eigenvalue weighted by atomic mass is 14.9. The monoisotopic (exact) mass is 169 g/mol. The predicted octanol–water partition coefficient (Wildman–Crippen LogP) is 2.81. The quantitative estimate of drug-likeness (QED) is 0.682. The van der Waals surface area contributed by atoms with Crippen molar-refractivity contribution in [2.24, 2.45) is 11.3 Å². The van der Waals surface area contributed by atoms with Crippen LogP contribution in [0.4, 0.5) is 0 Å². The van der Waals surface area contributed by atoms with Crippen molar-refractivity contribution in [2.45, 2.75) is 53.0 Å². The van der Waals surface area contributed by atoms with Crippen LogP contribution in [0.2, 0.25) is 0 Å². The molecular weight excluding hydrogens is 146 g/mol. The maximum absolute atomic E-state index is 3.67. The lowest BCUT2D eigenvalue weighted by Gasteiger charge is -2.31. The summed E-state index contributed by atoms with van der Waals surface area (Å²) in [6.45, 7) is 10.5. The van der Waals surface area contributed by atoms with Gasteiger partial charge >= 0.3 is 0 Å². The zero-order valence-electron chi connectivity index (χ0n) is 8.98. The van der Waals surface area contributed by atoms with Crippen LogP contribution in [-0.2, 0) is 0 Å². The van der Waals surface area contributed by atoms with Gasteiger partial charge in [-0.05, 0) is 37.1 Å². The third-order valence-electron chi connectivity index (χ3n) is 2.64. The van der Waals surface area contributed by atoms with E-state index in [1.54, 1.807) is 0 Å². The Morgan fingerprint density at radius 2 is 1.92 bits per heavy atom. The van der Waals surface area contributed by atoms with E-state index in [0.717, 1.165) is 12.0 Å². The van der Waals surface area contributed by atoms with E-state index < -0.39 is 0 Å². The van der Waals surface area contributed by atoms with Crippen LogP contribution in [-0.4, -0.2) is 12.6 Å². The molecule has 0 heterocycles. The van der Waals surface area contributed by atoms with Gasteiger partial charge in [-0.25, -0.2) is 0 Å². The van der Waals surface area contributed by atoms with Crippen molar-refractivity contribution in [3.05, 3.63) is 0 Å². The van der Waals surface area contributed by atoms with E-state index in [1.807, 2.05) is 0 Å². The standard InChI is InChI=1S/C11H23N/c1-5-8-12-10(9-6-7-9)11(2,3)4/h9-10,12H,5-8H2,1-4H3. The molecule has 1 aliphatic rings. The molecule has 72 valence electrons. The fourth-order valence-electron chi connectivity index (χ4n) is 1.91. The fourth-order valence-corrected chi connectivity index (χ4v) is 1.91. The first-order valence-corrected chi connectivity index (χ1v) is 5.29. The maximum Gasteiger partial charge on any atom is 0.0144 e. The van der Waals surface area contributed by atoms with E-state index in [2.05, 4.69) is 33.0 Å². The van der Waals surface area contributed by atoms with Crippen LogP contribution < -0.4 is 5.32 Å². The summed E-state index contributed by atoms with van der Waals surface area (Å²) < 4.78 is 0. The van der Waals surface area contributed by atoms with E-state index >= 15 is 0 Å². The summed E-state index contributed by atoms with van der Waals surface area (Å²) in [5.74, 6) is 0.969. The Morgan fingerprint density at radius 1 is 1.33 bits per heavy atom. The van der Waals surface area contributed by atoms with Gasteiger partial charge in [-0.3, -0.25) is 0 Å². The van der Waals surface area contributed by atoms with Crippen LogP contribution in [0.25, 0.3) is 0 Å². The molecule has 0 aliphatic heterocycles. The molecule has 0 radical (unpaired) electrons. The summed E-state index contributed by atoms with van der Waals surface area (Å²) in [4.78, 5) is 0. The number of hydrogen-bond acceptors (Lipinski definition) is 1. The smallest absolute Gasteiger partial charge is 0.0144 e. The molecule has 1 unspecified atom stereocenters. The van der Waals surface area contributed by atoms with Gasteiger partial charge in [-0.2, -0.15) is 0 Å². The number of rotatable bonds is 4. The summed E-state index contributed by atoms with van der Waals surface area (Å²) in [6, 6.07) is 0.748. The van der Waals surface area contributed by atoms with E-state index in [9.17, 15) is 0 Å². The van der Waals surface area contributed by atoms with Gasteiger partial charge in [0.1, 0.15) is 0 Å². The van der Waals surface area contributed by atoms with Gasteiger partial charge in [0, 0.05) is 6.04 Å². The van der Waals surface area contributed by atoms with Crippen molar-refractivity contribution in [3.8, 4) is 0 Å². The van der Waals surface area contributed by atoms with Crippen LogP contribution in [0.1, 0.15) is 47.0 Å². The molecule has 1 saturated carbocycles. The third-order valence-corrected chi connectivity index (χ3v) is 2.64. The van der Waals surface area contributed by atoms with Crippen molar-refractivity contribution < 1.29 is 0 Å². The maximum atomic E-state index is 3.67. The first-order chi connectivity index (χ1) is 5.55. The highest BCUT2D eigenvalue weighted by Crippen LogP contribution is 2.40. The zero-order valence-corrected chi connectivity index (χ0v) is 8.98. The van der Waals surface area contributed by atoms with Crippen molar-refractivity contribution in [2.75, 3.05) is 6.54 Å². The summed E-state index contributed by atoms with van der Waals surface area (Å²) in [6.07, 6.45) is 4.14. The van der Waals surface area contributed by atoms with Crippen LogP contribution in [0.3, 0.4) is 0 Å². The zero-order chi connectivity index (χ0) is 9.19. The van der Waals surface area contributed by atoms with Crippen molar-refractivity contribution in [1.29, 1.82) is 0 Å². The molecule has 0 aromatic rings. The molecular formula is C11H23N. The minimum atomic E-state index is 0.441. The predicted molar refractivity (Wildman–Crippen MR) is 54.3 cm³/mol. The van der Waals surface area contributed by atoms with Crippen LogP contribution in [0.5, 0.6) is 0 Å². The molecule has 0 bridgehead atoms. The van der Waals surface area contributed by atoms with Gasteiger partial charge in [-0.15, -0.1) is 0 Å². The second kappa shape index (κ2) is 3.78. The molecule has 1 rings (SSSR count). The molecule has 0 aromatic carbocycles. The number of hydrogen-bond donors (Lipinski definition) is 1. The Labute approximate surface area is 76.9 Å². The second-order valence-electron chi connectivity index (χ2n) is 5.14. The minimum absolute atomic E-state index is 0.441. The molecule has 0 aromatic heterocycles. The third kappa shape index (κ3) is 2.78. The van der Waals surface area contributed by atoms with Gasteiger partial charge in [0.2, 0.25) is 0 Å². The summed E-state index contributed by atoms with van der Waals surface area (Å²) >= 11 is 0. The average molecular weight is 169 g/mol. The van der Waals surface area contributed by atoms with Crippen LogP contribution in [0, 0.1) is 11.3 Å². The molecule has 1 atom stereocenters. The highest BCUT2D eigenvalue weighted by molar-refractivity contribution is 4.93. The van der Waals surface area contributed by atoms with Crippen molar-refractivity contribution in [3.63, 3.8) is 0 Å². The van der Waals surface area contributed by atoms with Crippen molar-refractivity contribution in [1.82, 2.24) is 5.32 Å². The van der Waals surface area contributed by atoms with Gasteiger partial charge in [0.05, 0.1) is 0 Å². The van der Waals surface area contributed by atoms with Gasteiger partial charge in [0.15, 0.2) is 0 Å².